The van der Waals surface area contributed by atoms with Crippen LogP contribution in [0.15, 0.2) is 47.2 Å². The first-order chi connectivity index (χ1) is 12.8. The highest BCUT2D eigenvalue weighted by Gasteiger charge is 2.22. The predicted octanol–water partition coefficient (Wildman–Crippen LogP) is 3.10. The van der Waals surface area contributed by atoms with Crippen molar-refractivity contribution in [3.63, 3.8) is 0 Å². The van der Waals surface area contributed by atoms with Gasteiger partial charge in [-0.05, 0) is 41.4 Å². The average molecular weight is 432 g/mol. The number of anilines is 1. The summed E-state index contributed by atoms with van der Waals surface area (Å²) in [6.07, 6.45) is 3.12. The molecule has 0 spiro atoms. The van der Waals surface area contributed by atoms with E-state index in [0.717, 1.165) is 10.2 Å². The molecular weight excluding hydrogens is 414 g/mol. The second-order valence-corrected chi connectivity index (χ2v) is 6.99. The number of carboxylic acids is 1. The number of nitrogens with one attached hydrogen (secondary N) is 1. The summed E-state index contributed by atoms with van der Waals surface area (Å²) >= 11 is 3.39. The zero-order chi connectivity index (χ0) is 19.6. The molecule has 0 aliphatic rings. The number of rotatable bonds is 6. The van der Waals surface area contributed by atoms with E-state index in [1.54, 1.807) is 17.8 Å². The Balaban J connectivity index is 1.72. The number of benzene rings is 1. The largest absolute Gasteiger partial charge is 0.477 e. The molecule has 1 amide bonds. The van der Waals surface area contributed by atoms with Gasteiger partial charge in [-0.25, -0.2) is 9.48 Å². The monoisotopic (exact) mass is 431 g/mol. The molecule has 0 radical (unpaired) electrons. The number of amides is 1. The van der Waals surface area contributed by atoms with Crippen molar-refractivity contribution >= 4 is 33.6 Å². The van der Waals surface area contributed by atoms with Crippen LogP contribution in [0.1, 0.15) is 34.6 Å². The van der Waals surface area contributed by atoms with E-state index in [-0.39, 0.29) is 5.69 Å². The van der Waals surface area contributed by atoms with Gasteiger partial charge in [0.15, 0.2) is 5.82 Å². The summed E-state index contributed by atoms with van der Waals surface area (Å²) in [5.74, 6) is -1.19. The van der Waals surface area contributed by atoms with Crippen molar-refractivity contribution in [3.8, 4) is 0 Å². The van der Waals surface area contributed by atoms with Gasteiger partial charge < -0.3 is 10.4 Å². The van der Waals surface area contributed by atoms with Crippen molar-refractivity contribution < 1.29 is 14.7 Å². The summed E-state index contributed by atoms with van der Waals surface area (Å²) in [6.45, 7) is 4.16. The molecule has 27 heavy (non-hydrogen) atoms. The molecule has 0 aliphatic carbocycles. The fraction of sp³-hybridized carbons (Fsp3) is 0.222. The van der Waals surface area contributed by atoms with Crippen LogP contribution in [-0.2, 0) is 11.3 Å². The molecule has 2 aromatic heterocycles. The third-order valence-electron chi connectivity index (χ3n) is 4.06. The number of aromatic carboxylic acids is 1. The Morgan fingerprint density at radius 3 is 2.63 bits per heavy atom. The van der Waals surface area contributed by atoms with E-state index in [4.69, 9.17) is 5.11 Å². The highest BCUT2D eigenvalue weighted by molar-refractivity contribution is 9.10. The van der Waals surface area contributed by atoms with Crippen LogP contribution < -0.4 is 5.32 Å². The van der Waals surface area contributed by atoms with Gasteiger partial charge in [-0.3, -0.25) is 9.48 Å². The van der Waals surface area contributed by atoms with E-state index < -0.39 is 17.9 Å². The van der Waals surface area contributed by atoms with Crippen LogP contribution in [0.4, 0.5) is 5.82 Å². The van der Waals surface area contributed by atoms with E-state index in [2.05, 4.69) is 31.4 Å². The van der Waals surface area contributed by atoms with Gasteiger partial charge in [0, 0.05) is 12.4 Å². The topological polar surface area (TPSA) is 102 Å². The maximum Gasteiger partial charge on any atom is 0.354 e. The van der Waals surface area contributed by atoms with Crippen LogP contribution >= 0.6 is 15.9 Å². The maximum absolute atomic E-state index is 12.5. The lowest BCUT2D eigenvalue weighted by atomic mass is 10.1. The smallest absolute Gasteiger partial charge is 0.354 e. The fourth-order valence-corrected chi connectivity index (χ4v) is 2.98. The Labute approximate surface area is 163 Å². The van der Waals surface area contributed by atoms with Gasteiger partial charge in [0.2, 0.25) is 5.91 Å². The van der Waals surface area contributed by atoms with Gasteiger partial charge in [-0.2, -0.15) is 10.2 Å². The molecule has 0 saturated carbocycles. The zero-order valence-corrected chi connectivity index (χ0v) is 16.3. The molecular formula is C18H18BrN5O3. The van der Waals surface area contributed by atoms with Crippen LogP contribution in [-0.4, -0.2) is 36.5 Å². The molecule has 2 N–H and O–H groups in total. The molecule has 0 bridgehead atoms. The molecule has 3 rings (SSSR count). The maximum atomic E-state index is 12.5. The number of nitrogens with zero attached hydrogens (tertiary/aromatic N) is 4. The second kappa shape index (κ2) is 7.75. The molecule has 1 unspecified atom stereocenters. The van der Waals surface area contributed by atoms with Gasteiger partial charge in [-0.15, -0.1) is 0 Å². The third-order valence-corrected chi connectivity index (χ3v) is 4.64. The third kappa shape index (κ3) is 4.25. The van der Waals surface area contributed by atoms with E-state index in [0.29, 0.717) is 16.8 Å². The van der Waals surface area contributed by atoms with Crippen LogP contribution in [0.3, 0.4) is 0 Å². The van der Waals surface area contributed by atoms with Crippen LogP contribution in [0, 0.1) is 6.92 Å². The second-order valence-electron chi connectivity index (χ2n) is 6.14. The molecule has 0 aliphatic heterocycles. The Hall–Kier alpha value is -2.94. The van der Waals surface area contributed by atoms with Crippen molar-refractivity contribution in [2.24, 2.45) is 0 Å². The summed E-state index contributed by atoms with van der Waals surface area (Å²) in [7, 11) is 0. The molecule has 0 fully saturated rings. The number of carbonyl (C=O) groups is 2. The van der Waals surface area contributed by atoms with Crippen LogP contribution in [0.5, 0.6) is 0 Å². The number of carboxylic acid groups (broad SMARTS) is 1. The molecule has 3 aromatic rings. The Morgan fingerprint density at radius 1 is 1.26 bits per heavy atom. The fourth-order valence-electron chi connectivity index (χ4n) is 2.57. The van der Waals surface area contributed by atoms with Crippen molar-refractivity contribution in [2.75, 3.05) is 5.32 Å². The Morgan fingerprint density at radius 2 is 1.96 bits per heavy atom. The molecule has 140 valence electrons. The normalized spacial score (nSPS) is 12.0. The van der Waals surface area contributed by atoms with Crippen molar-refractivity contribution in [1.82, 2.24) is 19.6 Å². The van der Waals surface area contributed by atoms with Gasteiger partial charge in [0.25, 0.3) is 0 Å². The van der Waals surface area contributed by atoms with E-state index in [9.17, 15) is 9.59 Å². The number of aromatic nitrogens is 4. The highest BCUT2D eigenvalue weighted by Crippen LogP contribution is 2.22. The highest BCUT2D eigenvalue weighted by atomic mass is 79.9. The first kappa shape index (κ1) is 18.8. The minimum atomic E-state index is -1.14. The minimum absolute atomic E-state index is 0.0541. The molecule has 0 saturated heterocycles. The Bertz CT molecular complexity index is 977. The standard InChI is InChI=1S/C18H18BrN5O3/c1-11-3-5-13(6-4-11)9-23-10-14(19)16(22-23)21-17(25)12(2)24-15(18(26)27)7-8-20-24/h3-8,10,12H,9H2,1-2H3,(H,26,27)(H,21,22,25). The lowest BCUT2D eigenvalue weighted by Crippen LogP contribution is -2.27. The number of hydrogen-bond acceptors (Lipinski definition) is 4. The summed E-state index contributed by atoms with van der Waals surface area (Å²) in [5.41, 5.74) is 2.22. The zero-order valence-electron chi connectivity index (χ0n) is 14.8. The SMILES string of the molecule is Cc1ccc(Cn2cc(Br)c(NC(=O)C(C)n3nccc3C(=O)O)n2)cc1. The summed E-state index contributed by atoms with van der Waals surface area (Å²) in [6, 6.07) is 8.65. The van der Waals surface area contributed by atoms with Gasteiger partial charge in [0.05, 0.1) is 11.0 Å². The van der Waals surface area contributed by atoms with E-state index in [1.807, 2.05) is 31.2 Å². The lowest BCUT2D eigenvalue weighted by Gasteiger charge is -2.13. The molecule has 9 heteroatoms. The van der Waals surface area contributed by atoms with Crippen LogP contribution in [0.25, 0.3) is 0 Å². The first-order valence-electron chi connectivity index (χ1n) is 8.21. The van der Waals surface area contributed by atoms with Gasteiger partial charge >= 0.3 is 5.97 Å². The number of halogens is 1. The number of carbonyl (C=O) groups excluding carboxylic acids is 1. The minimum Gasteiger partial charge on any atom is -0.477 e. The van der Waals surface area contributed by atoms with Gasteiger partial charge in [0.1, 0.15) is 11.7 Å². The lowest BCUT2D eigenvalue weighted by molar-refractivity contribution is -0.119. The number of hydrogen-bond donors (Lipinski definition) is 2. The molecule has 1 aromatic carbocycles. The summed E-state index contributed by atoms with van der Waals surface area (Å²) in [4.78, 5) is 23.7. The molecule has 8 nitrogen and oxygen atoms in total. The van der Waals surface area contributed by atoms with E-state index >= 15 is 0 Å². The van der Waals surface area contributed by atoms with Crippen molar-refractivity contribution in [3.05, 3.63) is 64.0 Å². The van der Waals surface area contributed by atoms with Crippen LogP contribution in [0.2, 0.25) is 0 Å². The predicted molar refractivity (Wildman–Crippen MR) is 103 cm³/mol. The summed E-state index contributed by atoms with van der Waals surface area (Å²) in [5, 5.41) is 20.2. The average Bonchev–Trinajstić information content (AvgIpc) is 3.23. The first-order valence-corrected chi connectivity index (χ1v) is 9.00. The van der Waals surface area contributed by atoms with Crippen molar-refractivity contribution in [1.29, 1.82) is 0 Å². The van der Waals surface area contributed by atoms with E-state index in [1.165, 1.54) is 17.8 Å². The number of aryl methyl sites for hydroxylation is 1. The quantitative estimate of drug-likeness (QED) is 0.624. The van der Waals surface area contributed by atoms with Gasteiger partial charge in [-0.1, -0.05) is 29.8 Å². The Kier molecular flexibility index (Phi) is 5.41. The summed E-state index contributed by atoms with van der Waals surface area (Å²) < 4.78 is 3.51. The molecule has 2 heterocycles. The molecule has 1 atom stereocenters. The van der Waals surface area contributed by atoms with Crippen molar-refractivity contribution in [2.45, 2.75) is 26.4 Å².